The number of hydrogen-bond acceptors (Lipinski definition) is 7. The number of carbonyl (C=O) groups excluding carboxylic acids is 2. The minimum absolute atomic E-state index is 0.0582. The number of nitro benzene ring substituents is 1. The van der Waals surface area contributed by atoms with E-state index in [0.717, 1.165) is 5.56 Å². The summed E-state index contributed by atoms with van der Waals surface area (Å²) in [5.41, 5.74) is 2.88. The fourth-order valence-corrected chi connectivity index (χ4v) is 3.79. The molecule has 0 spiro atoms. The highest BCUT2D eigenvalue weighted by Crippen LogP contribution is 2.32. The molecule has 1 aliphatic heterocycles. The third-order valence-corrected chi connectivity index (χ3v) is 5.53. The normalized spacial score (nSPS) is 17.1. The van der Waals surface area contributed by atoms with Crippen LogP contribution in [0.4, 0.5) is 16.2 Å². The fourth-order valence-electron chi connectivity index (χ4n) is 3.79. The highest BCUT2D eigenvalue weighted by molar-refractivity contribution is 6.17. The predicted octanol–water partition coefficient (Wildman–Crippen LogP) is 3.70. The number of nitro groups is 1. The lowest BCUT2D eigenvalue weighted by Gasteiger charge is -2.29. The minimum Gasteiger partial charge on any atom is -0.445 e. The van der Waals surface area contributed by atoms with Crippen molar-refractivity contribution in [3.05, 3.63) is 106 Å². The molecule has 2 atom stereocenters. The molecule has 172 valence electrons. The number of rotatable bonds is 6. The third-order valence-electron chi connectivity index (χ3n) is 5.53. The molecule has 3 aromatic rings. The second-order valence-corrected chi connectivity index (χ2v) is 7.69. The number of aliphatic imine (C=N–C) groups is 1. The number of anilines is 1. The van der Waals surface area contributed by atoms with Gasteiger partial charge in [-0.15, -0.1) is 0 Å². The lowest BCUT2D eigenvalue weighted by atomic mass is 9.99. The molecule has 0 saturated heterocycles. The molecule has 3 aromatic carbocycles. The number of nitrogens with one attached hydrogen (secondary N) is 1. The van der Waals surface area contributed by atoms with Crippen LogP contribution in [0.15, 0.2) is 83.9 Å². The molecule has 1 aliphatic rings. The van der Waals surface area contributed by atoms with Gasteiger partial charge < -0.3 is 14.4 Å². The molecule has 9 nitrogen and oxygen atoms in total. The molecular formula is C25H22N4O5. The van der Waals surface area contributed by atoms with Crippen LogP contribution in [-0.2, 0) is 16.1 Å². The topological polar surface area (TPSA) is 114 Å². The molecule has 1 heterocycles. The van der Waals surface area contributed by atoms with Crippen molar-refractivity contribution in [1.29, 1.82) is 0 Å². The van der Waals surface area contributed by atoms with Crippen molar-refractivity contribution in [3.8, 4) is 0 Å². The first-order valence-corrected chi connectivity index (χ1v) is 10.6. The second-order valence-electron chi connectivity index (χ2n) is 7.69. The average Bonchev–Trinajstić information content (AvgIpc) is 2.97. The first-order chi connectivity index (χ1) is 16.5. The van der Waals surface area contributed by atoms with Crippen LogP contribution in [0.25, 0.3) is 0 Å². The molecule has 0 saturated carbocycles. The van der Waals surface area contributed by atoms with Crippen molar-refractivity contribution in [2.75, 3.05) is 11.9 Å². The van der Waals surface area contributed by atoms with Crippen molar-refractivity contribution in [1.82, 2.24) is 5.32 Å². The standard InChI is InChI=1S/C25H22N4O5/c1-28-21-13-12-19(29(32)33)14-20(21)23(18-10-6-3-7-11-18)26-24(22(28)15-30)27-25(31)34-16-17-8-4-2-5-9-17/h2-15,22,24H,16H2,1H3,(H,27,31). The molecular weight excluding hydrogens is 436 g/mol. The SMILES string of the molecule is CN1c2ccc([N+](=O)[O-])cc2C(c2ccccc2)=NC(NC(=O)OCc2ccccc2)C1C=O. The number of fused-ring (bicyclic) bond motifs is 1. The molecule has 4 rings (SSSR count). The van der Waals surface area contributed by atoms with Gasteiger partial charge >= 0.3 is 6.09 Å². The quantitative estimate of drug-likeness (QED) is 0.342. The van der Waals surface area contributed by atoms with Crippen molar-refractivity contribution in [3.63, 3.8) is 0 Å². The van der Waals surface area contributed by atoms with Crippen molar-refractivity contribution in [2.45, 2.75) is 18.8 Å². The van der Waals surface area contributed by atoms with Gasteiger partial charge in [0.1, 0.15) is 18.9 Å². The highest BCUT2D eigenvalue weighted by Gasteiger charge is 2.33. The smallest absolute Gasteiger partial charge is 0.409 e. The van der Waals surface area contributed by atoms with Gasteiger partial charge in [0, 0.05) is 36.0 Å². The summed E-state index contributed by atoms with van der Waals surface area (Å²) < 4.78 is 5.33. The van der Waals surface area contributed by atoms with E-state index in [1.54, 1.807) is 18.0 Å². The molecule has 1 N–H and O–H groups in total. The van der Waals surface area contributed by atoms with E-state index >= 15 is 0 Å². The summed E-state index contributed by atoms with van der Waals surface area (Å²) in [7, 11) is 1.68. The van der Waals surface area contributed by atoms with Crippen LogP contribution >= 0.6 is 0 Å². The third kappa shape index (κ3) is 4.78. The van der Waals surface area contributed by atoms with Gasteiger partial charge in [-0.05, 0) is 11.6 Å². The van der Waals surface area contributed by atoms with Crippen LogP contribution in [0.1, 0.15) is 16.7 Å². The lowest BCUT2D eigenvalue weighted by Crippen LogP contribution is -2.50. The first kappa shape index (κ1) is 22.7. The van der Waals surface area contributed by atoms with E-state index in [1.165, 1.54) is 12.1 Å². The van der Waals surface area contributed by atoms with Crippen LogP contribution in [0.3, 0.4) is 0 Å². The Kier molecular flexibility index (Phi) is 6.63. The Morgan fingerprint density at radius 2 is 1.79 bits per heavy atom. The van der Waals surface area contributed by atoms with Crippen molar-refractivity contribution >= 4 is 29.5 Å². The molecule has 1 amide bonds. The summed E-state index contributed by atoms with van der Waals surface area (Å²) in [5.74, 6) is 0. The van der Waals surface area contributed by atoms with Crippen LogP contribution in [0.2, 0.25) is 0 Å². The zero-order valence-corrected chi connectivity index (χ0v) is 18.3. The maximum Gasteiger partial charge on any atom is 0.409 e. The van der Waals surface area contributed by atoms with Gasteiger partial charge in [0.15, 0.2) is 6.17 Å². The largest absolute Gasteiger partial charge is 0.445 e. The summed E-state index contributed by atoms with van der Waals surface area (Å²) in [5, 5.41) is 14.1. The number of ether oxygens (including phenoxy) is 1. The first-order valence-electron chi connectivity index (χ1n) is 10.6. The molecule has 0 bridgehead atoms. The van der Waals surface area contributed by atoms with Gasteiger partial charge in [0.05, 0.1) is 10.6 Å². The highest BCUT2D eigenvalue weighted by atomic mass is 16.6. The summed E-state index contributed by atoms with van der Waals surface area (Å²) in [6, 6.07) is 21.8. The summed E-state index contributed by atoms with van der Waals surface area (Å²) in [4.78, 5) is 42.0. The summed E-state index contributed by atoms with van der Waals surface area (Å²) >= 11 is 0. The minimum atomic E-state index is -0.993. The average molecular weight is 458 g/mol. The van der Waals surface area contributed by atoms with E-state index in [9.17, 15) is 19.7 Å². The van der Waals surface area contributed by atoms with E-state index in [-0.39, 0.29) is 12.3 Å². The Morgan fingerprint density at radius 1 is 1.12 bits per heavy atom. The number of aldehydes is 1. The van der Waals surface area contributed by atoms with Crippen LogP contribution in [0, 0.1) is 10.1 Å². The Bertz CT molecular complexity index is 1230. The van der Waals surface area contributed by atoms with Gasteiger partial charge in [-0.1, -0.05) is 60.7 Å². The number of hydrogen-bond donors (Lipinski definition) is 1. The molecule has 0 aliphatic carbocycles. The Balaban J connectivity index is 1.72. The molecule has 9 heteroatoms. The van der Waals surface area contributed by atoms with Gasteiger partial charge in [0.2, 0.25) is 0 Å². The van der Waals surface area contributed by atoms with E-state index in [0.29, 0.717) is 28.8 Å². The van der Waals surface area contributed by atoms with Crippen LogP contribution in [0.5, 0.6) is 0 Å². The number of amides is 1. The molecule has 0 fully saturated rings. The number of carbonyl (C=O) groups is 2. The van der Waals surface area contributed by atoms with E-state index in [2.05, 4.69) is 5.32 Å². The monoisotopic (exact) mass is 458 g/mol. The molecule has 0 radical (unpaired) electrons. The summed E-state index contributed by atoms with van der Waals surface area (Å²) in [6.45, 7) is 0.0582. The maximum absolute atomic E-state index is 12.6. The number of benzodiazepines with no additional fused rings is 1. The van der Waals surface area contributed by atoms with Crippen LogP contribution < -0.4 is 10.2 Å². The van der Waals surface area contributed by atoms with E-state index < -0.39 is 23.2 Å². The van der Waals surface area contributed by atoms with Crippen LogP contribution in [-0.4, -0.2) is 42.3 Å². The molecule has 34 heavy (non-hydrogen) atoms. The van der Waals surface area contributed by atoms with Crippen molar-refractivity contribution < 1.29 is 19.2 Å². The van der Waals surface area contributed by atoms with Gasteiger partial charge in [-0.2, -0.15) is 0 Å². The Hall–Kier alpha value is -4.53. The lowest BCUT2D eigenvalue weighted by molar-refractivity contribution is -0.384. The van der Waals surface area contributed by atoms with Gasteiger partial charge in [-0.25, -0.2) is 4.79 Å². The number of nitrogens with zero attached hydrogens (tertiary/aromatic N) is 3. The van der Waals surface area contributed by atoms with Gasteiger partial charge in [-0.3, -0.25) is 20.4 Å². The Morgan fingerprint density at radius 3 is 2.44 bits per heavy atom. The van der Waals surface area contributed by atoms with E-state index in [1.807, 2.05) is 60.7 Å². The maximum atomic E-state index is 12.6. The number of alkyl carbamates (subject to hydrolysis) is 1. The number of benzene rings is 3. The molecule has 0 aromatic heterocycles. The Labute approximate surface area is 195 Å². The zero-order chi connectivity index (χ0) is 24.1. The van der Waals surface area contributed by atoms with Crippen molar-refractivity contribution in [2.24, 2.45) is 4.99 Å². The van der Waals surface area contributed by atoms with Gasteiger partial charge in [0.25, 0.3) is 5.69 Å². The molecule has 2 unspecified atom stereocenters. The fraction of sp³-hybridized carbons (Fsp3) is 0.160. The van der Waals surface area contributed by atoms with E-state index in [4.69, 9.17) is 9.73 Å². The summed E-state index contributed by atoms with van der Waals surface area (Å²) in [6.07, 6.45) is -1.04. The second kappa shape index (κ2) is 9.95. The predicted molar refractivity (Wildman–Crippen MR) is 127 cm³/mol. The zero-order valence-electron chi connectivity index (χ0n) is 18.3. The number of likely N-dealkylation sites (N-methyl/N-ethyl adjacent to an activating group) is 1. The number of non-ortho nitro benzene ring substituents is 1.